The van der Waals surface area contributed by atoms with Crippen molar-refractivity contribution in [3.05, 3.63) is 35.9 Å². The third-order valence-corrected chi connectivity index (χ3v) is 2.76. The highest BCUT2D eigenvalue weighted by Crippen LogP contribution is 2.46. The molecule has 90 valence electrons. The highest BCUT2D eigenvalue weighted by molar-refractivity contribution is 5.25. The number of halogens is 3. The Labute approximate surface area is 93.2 Å². The largest absolute Gasteiger partial charge is 0.421 e. The minimum Gasteiger partial charge on any atom is -0.364 e. The molecule has 1 aromatic rings. The Hall–Kier alpha value is -1.03. The van der Waals surface area contributed by atoms with Crippen molar-refractivity contribution in [2.45, 2.75) is 25.6 Å². The maximum atomic E-state index is 13.2. The second kappa shape index (κ2) is 4.45. The molecule has 0 spiro atoms. The fourth-order valence-corrected chi connectivity index (χ4v) is 1.98. The van der Waals surface area contributed by atoms with E-state index in [0.29, 0.717) is 0 Å². The van der Waals surface area contributed by atoms with Crippen molar-refractivity contribution in [1.29, 1.82) is 0 Å². The maximum Gasteiger partial charge on any atom is 0.421 e. The Kier molecular flexibility index (Phi) is 3.63. The standard InChI is InChI=1S/C12H15F3O/c1-9(2)11(16-3,12(13,14)15)10-7-5-4-6-8-10/h4-9H,1-3H3/t11-/m0/s1. The molecule has 1 aromatic carbocycles. The van der Waals surface area contributed by atoms with E-state index in [-0.39, 0.29) is 5.56 Å². The molecular weight excluding hydrogens is 217 g/mol. The first-order valence-corrected chi connectivity index (χ1v) is 5.03. The average Bonchev–Trinajstić information content (AvgIpc) is 2.18. The van der Waals surface area contributed by atoms with Crippen molar-refractivity contribution in [2.75, 3.05) is 7.11 Å². The van der Waals surface area contributed by atoms with Gasteiger partial charge in [-0.15, -0.1) is 0 Å². The van der Waals surface area contributed by atoms with Crippen LogP contribution in [0.25, 0.3) is 0 Å². The fourth-order valence-electron chi connectivity index (χ4n) is 1.98. The SMILES string of the molecule is CO[C@](c1ccccc1)(C(C)C)C(F)(F)F. The van der Waals surface area contributed by atoms with Crippen LogP contribution < -0.4 is 0 Å². The first kappa shape index (κ1) is 13.0. The summed E-state index contributed by atoms with van der Waals surface area (Å²) in [7, 11) is 1.10. The highest BCUT2D eigenvalue weighted by Gasteiger charge is 2.58. The first-order chi connectivity index (χ1) is 7.36. The molecule has 0 heterocycles. The summed E-state index contributed by atoms with van der Waals surface area (Å²) in [6, 6.07) is 7.73. The lowest BCUT2D eigenvalue weighted by molar-refractivity contribution is -0.293. The van der Waals surface area contributed by atoms with Gasteiger partial charge in [-0.3, -0.25) is 0 Å². The molecule has 0 aliphatic rings. The lowest BCUT2D eigenvalue weighted by atomic mass is 9.82. The maximum absolute atomic E-state index is 13.2. The lowest BCUT2D eigenvalue weighted by Gasteiger charge is -2.38. The van der Waals surface area contributed by atoms with Gasteiger partial charge in [0.25, 0.3) is 0 Å². The van der Waals surface area contributed by atoms with Gasteiger partial charge in [0, 0.05) is 7.11 Å². The summed E-state index contributed by atoms with van der Waals surface area (Å²) in [5.41, 5.74) is -2.09. The molecule has 1 nitrogen and oxygen atoms in total. The van der Waals surface area contributed by atoms with E-state index < -0.39 is 17.7 Å². The van der Waals surface area contributed by atoms with Crippen molar-refractivity contribution in [3.63, 3.8) is 0 Å². The van der Waals surface area contributed by atoms with Crippen molar-refractivity contribution < 1.29 is 17.9 Å². The van der Waals surface area contributed by atoms with Gasteiger partial charge in [0.2, 0.25) is 0 Å². The van der Waals surface area contributed by atoms with Crippen molar-refractivity contribution in [3.8, 4) is 0 Å². The molecule has 4 heteroatoms. The highest BCUT2D eigenvalue weighted by atomic mass is 19.4. The van der Waals surface area contributed by atoms with Gasteiger partial charge < -0.3 is 4.74 Å². The number of alkyl halides is 3. The lowest BCUT2D eigenvalue weighted by Crippen LogP contribution is -2.48. The Morgan fingerprint density at radius 1 is 1.06 bits per heavy atom. The van der Waals surface area contributed by atoms with Crippen LogP contribution in [0.3, 0.4) is 0 Å². The fraction of sp³-hybridized carbons (Fsp3) is 0.500. The number of hydrogen-bond donors (Lipinski definition) is 0. The molecule has 16 heavy (non-hydrogen) atoms. The molecule has 0 unspecified atom stereocenters. The Bertz CT molecular complexity index is 332. The van der Waals surface area contributed by atoms with Crippen LogP contribution in [-0.2, 0) is 10.3 Å². The van der Waals surface area contributed by atoms with Gasteiger partial charge in [-0.2, -0.15) is 13.2 Å². The smallest absolute Gasteiger partial charge is 0.364 e. The summed E-state index contributed by atoms with van der Waals surface area (Å²) >= 11 is 0. The predicted octanol–water partition coefficient (Wildman–Crippen LogP) is 3.75. The van der Waals surface area contributed by atoms with E-state index in [1.54, 1.807) is 18.2 Å². The number of methoxy groups -OCH3 is 1. The van der Waals surface area contributed by atoms with E-state index in [2.05, 4.69) is 0 Å². The molecule has 0 saturated carbocycles. The molecule has 1 rings (SSSR count). The number of rotatable bonds is 3. The molecule has 0 aromatic heterocycles. The summed E-state index contributed by atoms with van der Waals surface area (Å²) in [4.78, 5) is 0. The molecule has 0 bridgehead atoms. The quantitative estimate of drug-likeness (QED) is 0.771. The molecule has 0 saturated heterocycles. The first-order valence-electron chi connectivity index (χ1n) is 5.03. The number of benzene rings is 1. The zero-order valence-corrected chi connectivity index (χ0v) is 9.51. The van der Waals surface area contributed by atoms with Crippen LogP contribution in [-0.4, -0.2) is 13.3 Å². The minimum absolute atomic E-state index is 0.139. The van der Waals surface area contributed by atoms with Gasteiger partial charge in [0.15, 0.2) is 5.60 Å². The van der Waals surface area contributed by atoms with Crippen LogP contribution in [0.15, 0.2) is 30.3 Å². The molecule has 0 aliphatic carbocycles. The molecule has 0 N–H and O–H groups in total. The number of ether oxygens (including phenoxy) is 1. The molecule has 0 amide bonds. The van der Waals surface area contributed by atoms with E-state index in [4.69, 9.17) is 4.74 Å². The minimum atomic E-state index is -4.43. The normalized spacial score (nSPS) is 16.2. The van der Waals surface area contributed by atoms with Gasteiger partial charge in [-0.25, -0.2) is 0 Å². The van der Waals surface area contributed by atoms with Crippen LogP contribution in [0.1, 0.15) is 19.4 Å². The second-order valence-electron chi connectivity index (χ2n) is 3.96. The van der Waals surface area contributed by atoms with Gasteiger partial charge in [-0.05, 0) is 11.5 Å². The predicted molar refractivity (Wildman–Crippen MR) is 56.0 cm³/mol. The van der Waals surface area contributed by atoms with Crippen LogP contribution >= 0.6 is 0 Å². The second-order valence-corrected chi connectivity index (χ2v) is 3.96. The van der Waals surface area contributed by atoms with Crippen molar-refractivity contribution in [1.82, 2.24) is 0 Å². The summed E-state index contributed by atoms with van der Waals surface area (Å²) in [5, 5.41) is 0. The van der Waals surface area contributed by atoms with Crippen molar-refractivity contribution >= 4 is 0 Å². The summed E-state index contributed by atoms with van der Waals surface area (Å²) < 4.78 is 44.4. The molecule has 1 atom stereocenters. The summed E-state index contributed by atoms with van der Waals surface area (Å²) in [6.45, 7) is 3.01. The Morgan fingerprint density at radius 3 is 1.88 bits per heavy atom. The van der Waals surface area contributed by atoms with Crippen LogP contribution in [0, 0.1) is 5.92 Å². The zero-order valence-electron chi connectivity index (χ0n) is 9.51. The van der Waals surface area contributed by atoms with Crippen molar-refractivity contribution in [2.24, 2.45) is 5.92 Å². The number of hydrogen-bond acceptors (Lipinski definition) is 1. The van der Waals surface area contributed by atoms with E-state index in [9.17, 15) is 13.2 Å². The summed E-state index contributed by atoms with van der Waals surface area (Å²) in [5.74, 6) is -0.695. The van der Waals surface area contributed by atoms with Crippen LogP contribution in [0.4, 0.5) is 13.2 Å². The van der Waals surface area contributed by atoms with E-state index in [0.717, 1.165) is 7.11 Å². The Morgan fingerprint density at radius 2 is 1.56 bits per heavy atom. The topological polar surface area (TPSA) is 9.23 Å². The van der Waals surface area contributed by atoms with Gasteiger partial charge >= 0.3 is 6.18 Å². The molecule has 0 radical (unpaired) electrons. The van der Waals surface area contributed by atoms with E-state index in [1.807, 2.05) is 0 Å². The zero-order chi connectivity index (χ0) is 12.4. The average molecular weight is 232 g/mol. The van der Waals surface area contributed by atoms with Gasteiger partial charge in [0.1, 0.15) is 0 Å². The van der Waals surface area contributed by atoms with Gasteiger partial charge in [0.05, 0.1) is 0 Å². The van der Waals surface area contributed by atoms with Crippen LogP contribution in [0.5, 0.6) is 0 Å². The van der Waals surface area contributed by atoms with E-state index >= 15 is 0 Å². The monoisotopic (exact) mass is 232 g/mol. The summed E-state index contributed by atoms with van der Waals surface area (Å²) in [6.07, 6.45) is -4.43. The third kappa shape index (κ3) is 1.94. The third-order valence-electron chi connectivity index (χ3n) is 2.76. The molecule has 0 fully saturated rings. The van der Waals surface area contributed by atoms with E-state index in [1.165, 1.54) is 26.0 Å². The molecular formula is C12H15F3O. The Balaban J connectivity index is 3.36. The van der Waals surface area contributed by atoms with Crippen LogP contribution in [0.2, 0.25) is 0 Å². The van der Waals surface area contributed by atoms with Gasteiger partial charge in [-0.1, -0.05) is 44.2 Å². The molecule has 0 aliphatic heterocycles.